The van der Waals surface area contributed by atoms with Crippen LogP contribution in [0.15, 0.2) is 18.3 Å². The van der Waals surface area contributed by atoms with Gasteiger partial charge in [-0.15, -0.1) is 0 Å². The second kappa shape index (κ2) is 5.26. The molecule has 2 rings (SSSR count). The second-order valence-electron chi connectivity index (χ2n) is 4.87. The van der Waals surface area contributed by atoms with Crippen molar-refractivity contribution in [1.82, 2.24) is 15.2 Å². The maximum Gasteiger partial charge on any atom is 0.252 e. The Labute approximate surface area is 112 Å². The lowest BCUT2D eigenvalue weighted by atomic mass is 10.2. The van der Waals surface area contributed by atoms with Crippen molar-refractivity contribution >= 4 is 17.6 Å². The van der Waals surface area contributed by atoms with Crippen molar-refractivity contribution in [3.63, 3.8) is 0 Å². The number of nitrogens with one attached hydrogen (secondary N) is 1. The van der Waals surface area contributed by atoms with Crippen LogP contribution < -0.4 is 10.2 Å². The third-order valence-corrected chi connectivity index (χ3v) is 3.20. The lowest BCUT2D eigenvalue weighted by Crippen LogP contribution is -2.40. The molecule has 1 atom stereocenters. The molecule has 6 nitrogen and oxygen atoms in total. The van der Waals surface area contributed by atoms with Gasteiger partial charge in [-0.25, -0.2) is 4.98 Å². The van der Waals surface area contributed by atoms with E-state index in [2.05, 4.69) is 10.3 Å². The highest BCUT2D eigenvalue weighted by Gasteiger charge is 2.30. The van der Waals surface area contributed by atoms with Crippen molar-refractivity contribution in [3.8, 4) is 0 Å². The molecule has 0 bridgehead atoms. The van der Waals surface area contributed by atoms with E-state index in [4.69, 9.17) is 0 Å². The SMILES string of the molecule is CN1CCC(NC(=O)c2ccnc(N(C)C)c2)C1=O. The molecule has 0 saturated carbocycles. The first kappa shape index (κ1) is 13.3. The molecule has 6 heteroatoms. The van der Waals surface area contributed by atoms with Gasteiger partial charge in [0, 0.05) is 39.4 Å². The van der Waals surface area contributed by atoms with Crippen LogP contribution in [0.3, 0.4) is 0 Å². The largest absolute Gasteiger partial charge is 0.363 e. The van der Waals surface area contributed by atoms with E-state index in [-0.39, 0.29) is 11.8 Å². The Bertz CT molecular complexity index is 501. The van der Waals surface area contributed by atoms with Crippen molar-refractivity contribution in [2.75, 3.05) is 32.6 Å². The van der Waals surface area contributed by atoms with Crippen molar-refractivity contribution in [2.24, 2.45) is 0 Å². The third kappa shape index (κ3) is 2.83. The number of pyridine rings is 1. The molecule has 1 unspecified atom stereocenters. The van der Waals surface area contributed by atoms with Crippen molar-refractivity contribution in [1.29, 1.82) is 0 Å². The fourth-order valence-corrected chi connectivity index (χ4v) is 2.00. The van der Waals surface area contributed by atoms with Gasteiger partial charge in [-0.05, 0) is 18.6 Å². The molecule has 2 heterocycles. The number of rotatable bonds is 3. The number of hydrogen-bond acceptors (Lipinski definition) is 4. The molecular weight excluding hydrogens is 244 g/mol. The lowest BCUT2D eigenvalue weighted by Gasteiger charge is -2.14. The molecule has 1 N–H and O–H groups in total. The Hall–Kier alpha value is -2.11. The van der Waals surface area contributed by atoms with Crippen molar-refractivity contribution < 1.29 is 9.59 Å². The summed E-state index contributed by atoms with van der Waals surface area (Å²) < 4.78 is 0. The minimum Gasteiger partial charge on any atom is -0.363 e. The second-order valence-corrected chi connectivity index (χ2v) is 4.87. The molecule has 2 amide bonds. The highest BCUT2D eigenvalue weighted by Crippen LogP contribution is 2.12. The average molecular weight is 262 g/mol. The molecule has 19 heavy (non-hydrogen) atoms. The predicted octanol–water partition coefficient (Wildman–Crippen LogP) is 0.108. The zero-order valence-electron chi connectivity index (χ0n) is 11.4. The van der Waals surface area contributed by atoms with Crippen LogP contribution >= 0.6 is 0 Å². The Morgan fingerprint density at radius 1 is 1.53 bits per heavy atom. The van der Waals surface area contributed by atoms with Gasteiger partial charge < -0.3 is 15.1 Å². The summed E-state index contributed by atoms with van der Waals surface area (Å²) in [5.74, 6) is 0.442. The number of carbonyl (C=O) groups is 2. The number of likely N-dealkylation sites (tertiary alicyclic amines) is 1. The molecular formula is C13H18N4O2. The average Bonchev–Trinajstić information content (AvgIpc) is 2.71. The Morgan fingerprint density at radius 2 is 2.26 bits per heavy atom. The summed E-state index contributed by atoms with van der Waals surface area (Å²) in [6.07, 6.45) is 2.25. The van der Waals surface area contributed by atoms with E-state index in [1.165, 1.54) is 0 Å². The number of anilines is 1. The molecule has 1 saturated heterocycles. The molecule has 1 aromatic heterocycles. The van der Waals surface area contributed by atoms with Crippen LogP contribution in [0, 0.1) is 0 Å². The third-order valence-electron chi connectivity index (χ3n) is 3.20. The first-order chi connectivity index (χ1) is 8.99. The van der Waals surface area contributed by atoms with E-state index in [0.29, 0.717) is 24.3 Å². The van der Waals surface area contributed by atoms with Crippen LogP contribution in [-0.4, -0.2) is 55.4 Å². The molecule has 0 aliphatic carbocycles. The van der Waals surface area contributed by atoms with Crippen LogP contribution in [0.1, 0.15) is 16.8 Å². The van der Waals surface area contributed by atoms with Gasteiger partial charge in [-0.2, -0.15) is 0 Å². The van der Waals surface area contributed by atoms with E-state index in [1.54, 1.807) is 30.3 Å². The first-order valence-electron chi connectivity index (χ1n) is 6.18. The van der Waals surface area contributed by atoms with Gasteiger partial charge in [0.25, 0.3) is 5.91 Å². The summed E-state index contributed by atoms with van der Waals surface area (Å²) in [4.78, 5) is 31.4. The fourth-order valence-electron chi connectivity index (χ4n) is 2.00. The number of nitrogens with zero attached hydrogens (tertiary/aromatic N) is 3. The Kier molecular flexibility index (Phi) is 3.69. The van der Waals surface area contributed by atoms with Crippen LogP contribution in [0.25, 0.3) is 0 Å². The molecule has 1 fully saturated rings. The summed E-state index contributed by atoms with van der Waals surface area (Å²) in [7, 11) is 5.46. The van der Waals surface area contributed by atoms with Gasteiger partial charge in [-0.3, -0.25) is 9.59 Å². The summed E-state index contributed by atoms with van der Waals surface area (Å²) in [5, 5.41) is 2.77. The Morgan fingerprint density at radius 3 is 2.84 bits per heavy atom. The van der Waals surface area contributed by atoms with E-state index >= 15 is 0 Å². The molecule has 0 aromatic carbocycles. The van der Waals surface area contributed by atoms with Gasteiger partial charge in [0.15, 0.2) is 0 Å². The van der Waals surface area contributed by atoms with E-state index in [1.807, 2.05) is 19.0 Å². The van der Waals surface area contributed by atoms with Crippen LogP contribution in [0.2, 0.25) is 0 Å². The summed E-state index contributed by atoms with van der Waals surface area (Å²) in [6, 6.07) is 2.94. The molecule has 0 radical (unpaired) electrons. The maximum atomic E-state index is 12.1. The summed E-state index contributed by atoms with van der Waals surface area (Å²) in [5.41, 5.74) is 0.515. The maximum absolute atomic E-state index is 12.1. The molecule has 1 aliphatic rings. The topological polar surface area (TPSA) is 65.5 Å². The quantitative estimate of drug-likeness (QED) is 0.839. The smallest absolute Gasteiger partial charge is 0.252 e. The number of aromatic nitrogens is 1. The number of hydrogen-bond donors (Lipinski definition) is 1. The van der Waals surface area contributed by atoms with Gasteiger partial charge in [0.05, 0.1) is 0 Å². The van der Waals surface area contributed by atoms with Crippen molar-refractivity contribution in [2.45, 2.75) is 12.5 Å². The highest BCUT2D eigenvalue weighted by atomic mass is 16.2. The highest BCUT2D eigenvalue weighted by molar-refractivity contribution is 5.98. The number of likely N-dealkylation sites (N-methyl/N-ethyl adjacent to an activating group) is 1. The molecule has 102 valence electrons. The number of amides is 2. The van der Waals surface area contributed by atoms with Gasteiger partial charge in [0.2, 0.25) is 5.91 Å². The number of carbonyl (C=O) groups excluding carboxylic acids is 2. The molecule has 1 aliphatic heterocycles. The van der Waals surface area contributed by atoms with Gasteiger partial charge in [0.1, 0.15) is 11.9 Å². The normalized spacial score (nSPS) is 18.6. The minimum atomic E-state index is -0.409. The summed E-state index contributed by atoms with van der Waals surface area (Å²) >= 11 is 0. The van der Waals surface area contributed by atoms with E-state index < -0.39 is 6.04 Å². The van der Waals surface area contributed by atoms with Crippen LogP contribution in [0.4, 0.5) is 5.82 Å². The van der Waals surface area contributed by atoms with Crippen molar-refractivity contribution in [3.05, 3.63) is 23.9 Å². The van der Waals surface area contributed by atoms with Crippen LogP contribution in [-0.2, 0) is 4.79 Å². The zero-order chi connectivity index (χ0) is 14.0. The minimum absolute atomic E-state index is 0.0322. The van der Waals surface area contributed by atoms with Gasteiger partial charge >= 0.3 is 0 Å². The molecule has 1 aromatic rings. The monoisotopic (exact) mass is 262 g/mol. The molecule has 0 spiro atoms. The van der Waals surface area contributed by atoms with E-state index in [9.17, 15) is 9.59 Å². The first-order valence-corrected chi connectivity index (χ1v) is 6.18. The van der Waals surface area contributed by atoms with E-state index in [0.717, 1.165) is 0 Å². The fraction of sp³-hybridized carbons (Fsp3) is 0.462. The standard InChI is InChI=1S/C13H18N4O2/c1-16(2)11-8-9(4-6-14-11)12(18)15-10-5-7-17(3)13(10)19/h4,6,8,10H,5,7H2,1-3H3,(H,15,18). The Balaban J connectivity index is 2.08. The predicted molar refractivity (Wildman–Crippen MR) is 72.1 cm³/mol. The van der Waals surface area contributed by atoms with Crippen LogP contribution in [0.5, 0.6) is 0 Å². The van der Waals surface area contributed by atoms with Gasteiger partial charge in [-0.1, -0.05) is 0 Å². The summed E-state index contributed by atoms with van der Waals surface area (Å²) in [6.45, 7) is 0.684. The zero-order valence-corrected chi connectivity index (χ0v) is 11.4. The lowest BCUT2D eigenvalue weighted by molar-refractivity contribution is -0.128.